The fourth-order valence-corrected chi connectivity index (χ4v) is 1.15. The van der Waals surface area contributed by atoms with Crippen LogP contribution in [0.15, 0.2) is 0 Å². The average Bonchev–Trinajstić information content (AvgIpc) is 2.05. The molecule has 0 saturated carbocycles. The van der Waals surface area contributed by atoms with Gasteiger partial charge in [-0.1, -0.05) is 0 Å². The van der Waals surface area contributed by atoms with Crippen LogP contribution in [0.2, 0.25) is 0 Å². The van der Waals surface area contributed by atoms with Crippen molar-refractivity contribution in [2.75, 3.05) is 0 Å². The molecular formula is C7H10O4. The quantitative estimate of drug-likeness (QED) is 0.443. The highest BCUT2D eigenvalue weighted by atomic mass is 16.6. The molecule has 1 aliphatic rings. The van der Waals surface area contributed by atoms with Crippen LogP contribution >= 0.6 is 0 Å². The Hall–Kier alpha value is -1.06. The van der Waals surface area contributed by atoms with Crippen LogP contribution in [-0.4, -0.2) is 22.6 Å². The number of rotatable bonds is 1. The number of carbonyl (C=O) groups excluding carboxylic acids is 1. The maximum absolute atomic E-state index is 10.8. The van der Waals surface area contributed by atoms with Crippen LogP contribution < -0.4 is 0 Å². The number of carboxylic acids is 1. The Labute approximate surface area is 64.2 Å². The maximum atomic E-state index is 10.8. The summed E-state index contributed by atoms with van der Waals surface area (Å²) >= 11 is 0. The summed E-state index contributed by atoms with van der Waals surface area (Å²) in [5.41, 5.74) is -0.611. The SMILES string of the molecule is CC1(C)CC(C(=O)O)C(=O)O1. The van der Waals surface area contributed by atoms with Gasteiger partial charge >= 0.3 is 11.9 Å². The summed E-state index contributed by atoms with van der Waals surface area (Å²) in [7, 11) is 0. The molecule has 0 aromatic rings. The third-order valence-corrected chi connectivity index (χ3v) is 1.66. The molecule has 11 heavy (non-hydrogen) atoms. The van der Waals surface area contributed by atoms with E-state index in [0.29, 0.717) is 0 Å². The molecule has 1 fully saturated rings. The van der Waals surface area contributed by atoms with Gasteiger partial charge in [-0.15, -0.1) is 0 Å². The van der Waals surface area contributed by atoms with Gasteiger partial charge in [0, 0.05) is 6.42 Å². The molecule has 0 spiro atoms. The average molecular weight is 158 g/mol. The molecule has 62 valence electrons. The summed E-state index contributed by atoms with van der Waals surface area (Å²) in [5.74, 6) is -2.69. The second-order valence-corrected chi connectivity index (χ2v) is 3.28. The lowest BCUT2D eigenvalue weighted by Crippen LogP contribution is -2.18. The molecule has 1 rings (SSSR count). The molecule has 4 heteroatoms. The zero-order valence-electron chi connectivity index (χ0n) is 6.46. The topological polar surface area (TPSA) is 63.6 Å². The van der Waals surface area contributed by atoms with E-state index in [1.165, 1.54) is 0 Å². The molecule has 1 heterocycles. The fraction of sp³-hybridized carbons (Fsp3) is 0.714. The van der Waals surface area contributed by atoms with E-state index in [4.69, 9.17) is 9.84 Å². The van der Waals surface area contributed by atoms with E-state index >= 15 is 0 Å². The third kappa shape index (κ3) is 1.50. The van der Waals surface area contributed by atoms with Crippen LogP contribution in [0.4, 0.5) is 0 Å². The molecule has 4 nitrogen and oxygen atoms in total. The minimum Gasteiger partial charge on any atom is -0.481 e. The number of ether oxygens (including phenoxy) is 1. The number of aliphatic carboxylic acids is 1. The number of hydrogen-bond acceptors (Lipinski definition) is 3. The summed E-state index contributed by atoms with van der Waals surface area (Å²) in [6.45, 7) is 3.40. The Morgan fingerprint density at radius 2 is 2.27 bits per heavy atom. The second-order valence-electron chi connectivity index (χ2n) is 3.28. The van der Waals surface area contributed by atoms with Gasteiger partial charge in [0.25, 0.3) is 0 Å². The standard InChI is InChI=1S/C7H10O4/c1-7(2)3-4(5(8)9)6(10)11-7/h4H,3H2,1-2H3,(H,8,9). The summed E-state index contributed by atoms with van der Waals surface area (Å²) < 4.78 is 4.80. The first-order valence-electron chi connectivity index (χ1n) is 3.38. The fourth-order valence-electron chi connectivity index (χ4n) is 1.15. The molecule has 0 bridgehead atoms. The van der Waals surface area contributed by atoms with E-state index < -0.39 is 23.5 Å². The van der Waals surface area contributed by atoms with Gasteiger partial charge in [-0.05, 0) is 13.8 Å². The lowest BCUT2D eigenvalue weighted by molar-refractivity contribution is -0.154. The predicted octanol–water partition coefficient (Wildman–Crippen LogP) is 0.413. The Bertz CT molecular complexity index is 206. The normalized spacial score (nSPS) is 28.2. The van der Waals surface area contributed by atoms with Crippen molar-refractivity contribution in [3.8, 4) is 0 Å². The molecule has 1 aliphatic heterocycles. The van der Waals surface area contributed by atoms with Crippen molar-refractivity contribution in [2.45, 2.75) is 25.9 Å². The number of esters is 1. The Balaban J connectivity index is 2.74. The van der Waals surface area contributed by atoms with Crippen molar-refractivity contribution in [3.05, 3.63) is 0 Å². The zero-order valence-corrected chi connectivity index (χ0v) is 6.46. The Kier molecular flexibility index (Phi) is 1.62. The van der Waals surface area contributed by atoms with E-state index in [2.05, 4.69) is 0 Å². The van der Waals surface area contributed by atoms with Gasteiger partial charge in [0.1, 0.15) is 5.60 Å². The summed E-state index contributed by atoms with van der Waals surface area (Å²) in [4.78, 5) is 21.2. The Morgan fingerprint density at radius 3 is 2.45 bits per heavy atom. The highest BCUT2D eigenvalue weighted by Crippen LogP contribution is 2.30. The first-order valence-corrected chi connectivity index (χ1v) is 3.38. The van der Waals surface area contributed by atoms with E-state index in [0.717, 1.165) is 0 Å². The van der Waals surface area contributed by atoms with Crippen molar-refractivity contribution < 1.29 is 19.4 Å². The van der Waals surface area contributed by atoms with Crippen molar-refractivity contribution in [3.63, 3.8) is 0 Å². The van der Waals surface area contributed by atoms with Gasteiger partial charge in [0.05, 0.1) is 0 Å². The number of cyclic esters (lactones) is 1. The second kappa shape index (κ2) is 2.22. The summed E-state index contributed by atoms with van der Waals surface area (Å²) in [6.07, 6.45) is 0.265. The van der Waals surface area contributed by atoms with Crippen LogP contribution in [0.3, 0.4) is 0 Å². The molecular weight excluding hydrogens is 148 g/mol. The molecule has 0 aromatic heterocycles. The lowest BCUT2D eigenvalue weighted by atomic mass is 9.98. The van der Waals surface area contributed by atoms with Crippen molar-refractivity contribution in [1.29, 1.82) is 0 Å². The zero-order chi connectivity index (χ0) is 8.65. The number of hydrogen-bond donors (Lipinski definition) is 1. The molecule has 0 aromatic carbocycles. The largest absolute Gasteiger partial charge is 0.481 e. The van der Waals surface area contributed by atoms with Gasteiger partial charge in [0.15, 0.2) is 5.92 Å². The lowest BCUT2D eigenvalue weighted by Gasteiger charge is -2.14. The summed E-state index contributed by atoms with van der Waals surface area (Å²) in [5, 5.41) is 8.52. The van der Waals surface area contributed by atoms with Crippen LogP contribution in [0, 0.1) is 5.92 Å². The van der Waals surface area contributed by atoms with E-state index in [9.17, 15) is 9.59 Å². The molecule has 0 amide bonds. The Morgan fingerprint density at radius 1 is 1.73 bits per heavy atom. The van der Waals surface area contributed by atoms with Crippen molar-refractivity contribution >= 4 is 11.9 Å². The first-order chi connectivity index (χ1) is 4.92. The highest BCUT2D eigenvalue weighted by molar-refractivity contribution is 5.95. The van der Waals surface area contributed by atoms with Crippen LogP contribution in [0.1, 0.15) is 20.3 Å². The monoisotopic (exact) mass is 158 g/mol. The van der Waals surface area contributed by atoms with E-state index in [1.54, 1.807) is 13.8 Å². The molecule has 0 radical (unpaired) electrons. The molecule has 0 aliphatic carbocycles. The third-order valence-electron chi connectivity index (χ3n) is 1.66. The van der Waals surface area contributed by atoms with Crippen LogP contribution in [-0.2, 0) is 14.3 Å². The smallest absolute Gasteiger partial charge is 0.321 e. The van der Waals surface area contributed by atoms with Crippen LogP contribution in [0.25, 0.3) is 0 Å². The van der Waals surface area contributed by atoms with Gasteiger partial charge in [-0.3, -0.25) is 9.59 Å². The van der Waals surface area contributed by atoms with Crippen LogP contribution in [0.5, 0.6) is 0 Å². The van der Waals surface area contributed by atoms with Gasteiger partial charge in [-0.2, -0.15) is 0 Å². The maximum Gasteiger partial charge on any atom is 0.321 e. The molecule has 1 N–H and O–H groups in total. The predicted molar refractivity (Wildman–Crippen MR) is 35.9 cm³/mol. The van der Waals surface area contributed by atoms with E-state index in [1.807, 2.05) is 0 Å². The molecule has 1 saturated heterocycles. The van der Waals surface area contributed by atoms with Gasteiger partial charge in [-0.25, -0.2) is 0 Å². The number of carbonyl (C=O) groups is 2. The van der Waals surface area contributed by atoms with Crippen molar-refractivity contribution in [1.82, 2.24) is 0 Å². The van der Waals surface area contributed by atoms with Gasteiger partial charge in [0.2, 0.25) is 0 Å². The van der Waals surface area contributed by atoms with Crippen molar-refractivity contribution in [2.24, 2.45) is 5.92 Å². The molecule has 1 unspecified atom stereocenters. The minimum atomic E-state index is -1.10. The first kappa shape index (κ1) is 8.04. The summed E-state index contributed by atoms with van der Waals surface area (Å²) in [6, 6.07) is 0. The number of carboxylic acid groups (broad SMARTS) is 1. The highest BCUT2D eigenvalue weighted by Gasteiger charge is 2.44. The van der Waals surface area contributed by atoms with E-state index in [-0.39, 0.29) is 6.42 Å². The van der Waals surface area contributed by atoms with Gasteiger partial charge < -0.3 is 9.84 Å². The molecule has 1 atom stereocenters. The minimum absolute atomic E-state index is 0.265.